The van der Waals surface area contributed by atoms with Crippen LogP contribution < -0.4 is 10.3 Å². The number of carbonyl (C=O) groups excluding carboxylic acids is 1. The van der Waals surface area contributed by atoms with E-state index in [-0.39, 0.29) is 46.1 Å². The molecule has 43 heavy (non-hydrogen) atoms. The number of likely N-dealkylation sites (N-methyl/N-ethyl adjacent to an activating group) is 2. The van der Waals surface area contributed by atoms with E-state index in [1.807, 2.05) is 14.1 Å². The molecule has 4 heterocycles. The average molecular weight is 620 g/mol. The van der Waals surface area contributed by atoms with Crippen LogP contribution in [0.2, 0.25) is 5.22 Å². The number of furan rings is 1. The molecule has 1 spiro atoms. The first-order chi connectivity index (χ1) is 20.4. The Kier molecular flexibility index (Phi) is 7.52. The third-order valence-corrected chi connectivity index (χ3v) is 8.86. The first kappa shape index (κ1) is 29.6. The minimum atomic E-state index is -1.78. The molecule has 8 nitrogen and oxygen atoms in total. The summed E-state index contributed by atoms with van der Waals surface area (Å²) in [6, 6.07) is 8.72. The van der Waals surface area contributed by atoms with Gasteiger partial charge in [-0.1, -0.05) is 0 Å². The van der Waals surface area contributed by atoms with Gasteiger partial charge in [0.15, 0.2) is 16.6 Å². The number of likely N-dealkylation sites (tertiary alicyclic amines) is 1. The van der Waals surface area contributed by atoms with Crippen molar-refractivity contribution in [1.29, 1.82) is 0 Å². The van der Waals surface area contributed by atoms with Gasteiger partial charge in [0.25, 0.3) is 0 Å². The lowest BCUT2D eigenvalue weighted by atomic mass is 9.78. The number of anilines is 1. The van der Waals surface area contributed by atoms with Gasteiger partial charge in [0.2, 0.25) is 5.91 Å². The summed E-state index contributed by atoms with van der Waals surface area (Å²) in [5.41, 5.74) is -2.24. The zero-order chi connectivity index (χ0) is 30.7. The molecular formula is C30H30ClF4N5O3. The quantitative estimate of drug-likeness (QED) is 0.413. The predicted molar refractivity (Wildman–Crippen MR) is 152 cm³/mol. The van der Waals surface area contributed by atoms with Gasteiger partial charge in [0, 0.05) is 43.9 Å². The number of ether oxygens (including phenoxy) is 1. The molecule has 2 aromatic carbocycles. The molecule has 2 fully saturated rings. The van der Waals surface area contributed by atoms with Crippen molar-refractivity contribution in [3.8, 4) is 0 Å². The Morgan fingerprint density at radius 2 is 1.74 bits per heavy atom. The smallest absolute Gasteiger partial charge is 0.249 e. The largest absolute Gasteiger partial charge is 0.449 e. The lowest BCUT2D eigenvalue weighted by molar-refractivity contribution is -0.154. The highest BCUT2D eigenvalue weighted by Gasteiger charge is 2.57. The van der Waals surface area contributed by atoms with Crippen molar-refractivity contribution in [1.82, 2.24) is 15.1 Å². The van der Waals surface area contributed by atoms with E-state index >= 15 is 8.78 Å². The number of hydrogen-bond acceptors (Lipinski definition) is 7. The van der Waals surface area contributed by atoms with E-state index in [9.17, 15) is 13.6 Å². The maximum atomic E-state index is 15.3. The average Bonchev–Trinajstić information content (AvgIpc) is 3.49. The van der Waals surface area contributed by atoms with E-state index in [1.54, 1.807) is 0 Å². The Morgan fingerprint density at radius 1 is 1.05 bits per heavy atom. The molecule has 1 amide bonds. The molecule has 3 unspecified atom stereocenters. The van der Waals surface area contributed by atoms with E-state index in [4.69, 9.17) is 20.8 Å². The van der Waals surface area contributed by atoms with Crippen LogP contribution in [-0.4, -0.2) is 85.5 Å². The van der Waals surface area contributed by atoms with E-state index in [0.29, 0.717) is 25.3 Å². The summed E-state index contributed by atoms with van der Waals surface area (Å²) in [5.74, 6) is -5.19. The van der Waals surface area contributed by atoms with Crippen LogP contribution in [0.15, 0.2) is 58.0 Å². The van der Waals surface area contributed by atoms with Gasteiger partial charge in [-0.15, -0.1) is 0 Å². The summed E-state index contributed by atoms with van der Waals surface area (Å²) in [4.78, 5) is 18.7. The first-order valence-corrected chi connectivity index (χ1v) is 14.1. The molecular weight excluding hydrogens is 590 g/mol. The van der Waals surface area contributed by atoms with Gasteiger partial charge in [0.05, 0.1) is 35.6 Å². The second-order valence-corrected chi connectivity index (χ2v) is 12.0. The van der Waals surface area contributed by atoms with E-state index in [1.165, 1.54) is 25.1 Å². The van der Waals surface area contributed by atoms with Gasteiger partial charge in [-0.05, 0) is 69.0 Å². The number of carbonyl (C=O) groups is 1. The summed E-state index contributed by atoms with van der Waals surface area (Å²) < 4.78 is 70.1. The minimum Gasteiger partial charge on any atom is -0.449 e. The fourth-order valence-corrected chi connectivity index (χ4v) is 6.53. The molecule has 2 saturated heterocycles. The number of nitrogens with one attached hydrogen (secondary N) is 1. The van der Waals surface area contributed by atoms with Crippen molar-refractivity contribution in [3.63, 3.8) is 0 Å². The van der Waals surface area contributed by atoms with Gasteiger partial charge in [0.1, 0.15) is 23.2 Å². The highest BCUT2D eigenvalue weighted by Crippen LogP contribution is 2.46. The predicted octanol–water partition coefficient (Wildman–Crippen LogP) is 4.39. The number of halogens is 5. The third kappa shape index (κ3) is 5.09. The van der Waals surface area contributed by atoms with Crippen molar-refractivity contribution in [3.05, 3.63) is 88.3 Å². The second kappa shape index (κ2) is 10.9. The fourth-order valence-electron chi connectivity index (χ4n) is 6.38. The SMILES string of the molecule is CN1CC2(COC(CNC(=O)C3(C)C(c4ccc(Cl)o4)C(c4ccc(F)cc4F)=NN3c3ccc(F)cc3F)CN2C)C1. The van der Waals surface area contributed by atoms with Crippen LogP contribution in [0.25, 0.3) is 0 Å². The number of hydrazone groups is 1. The second-order valence-electron chi connectivity index (χ2n) is 11.7. The van der Waals surface area contributed by atoms with Crippen LogP contribution in [0, 0.1) is 23.3 Å². The van der Waals surface area contributed by atoms with Crippen LogP contribution in [-0.2, 0) is 9.53 Å². The summed E-state index contributed by atoms with van der Waals surface area (Å²) in [6.07, 6.45) is -0.335. The lowest BCUT2D eigenvalue weighted by Crippen LogP contribution is -2.74. The molecule has 13 heteroatoms. The molecule has 0 radical (unpaired) electrons. The molecule has 6 rings (SSSR count). The Hall–Kier alpha value is -3.45. The monoisotopic (exact) mass is 619 g/mol. The maximum Gasteiger partial charge on any atom is 0.249 e. The molecule has 3 aliphatic rings. The number of nitrogens with zero attached hydrogens (tertiary/aromatic N) is 4. The van der Waals surface area contributed by atoms with Crippen LogP contribution in [0.5, 0.6) is 0 Å². The Labute approximate surface area is 250 Å². The number of amides is 1. The normalized spacial score (nSPS) is 25.6. The van der Waals surface area contributed by atoms with Gasteiger partial charge in [-0.3, -0.25) is 9.69 Å². The molecule has 228 valence electrons. The van der Waals surface area contributed by atoms with Crippen LogP contribution in [0.3, 0.4) is 0 Å². The molecule has 3 aliphatic heterocycles. The molecule has 0 aliphatic carbocycles. The maximum absolute atomic E-state index is 15.3. The van der Waals surface area contributed by atoms with Crippen molar-refractivity contribution in [2.45, 2.75) is 30.0 Å². The Balaban J connectivity index is 1.38. The highest BCUT2D eigenvalue weighted by atomic mass is 35.5. The lowest BCUT2D eigenvalue weighted by Gasteiger charge is -2.57. The topological polar surface area (TPSA) is 73.5 Å². The highest BCUT2D eigenvalue weighted by molar-refractivity contribution is 6.28. The molecule has 1 N–H and O–H groups in total. The third-order valence-electron chi connectivity index (χ3n) is 8.66. The van der Waals surface area contributed by atoms with Crippen LogP contribution in [0.4, 0.5) is 23.2 Å². The fraction of sp³-hybridized carbons (Fsp3) is 0.400. The molecule has 1 aromatic heterocycles. The Morgan fingerprint density at radius 3 is 2.35 bits per heavy atom. The number of benzene rings is 2. The van der Waals surface area contributed by atoms with Gasteiger partial charge in [-0.25, -0.2) is 22.6 Å². The first-order valence-electron chi connectivity index (χ1n) is 13.8. The van der Waals surface area contributed by atoms with Crippen LogP contribution in [0.1, 0.15) is 24.2 Å². The molecule has 3 aromatic rings. The zero-order valence-corrected chi connectivity index (χ0v) is 24.5. The van der Waals surface area contributed by atoms with E-state index in [2.05, 4.69) is 20.2 Å². The number of rotatable bonds is 6. The summed E-state index contributed by atoms with van der Waals surface area (Å²) in [5, 5.41) is 8.52. The van der Waals surface area contributed by atoms with Crippen molar-refractivity contribution in [2.75, 3.05) is 51.9 Å². The van der Waals surface area contributed by atoms with Crippen molar-refractivity contribution >= 4 is 28.9 Å². The van der Waals surface area contributed by atoms with E-state index < -0.39 is 40.6 Å². The summed E-state index contributed by atoms with van der Waals surface area (Å²) in [7, 11) is 4.07. The van der Waals surface area contributed by atoms with Gasteiger partial charge < -0.3 is 19.4 Å². The van der Waals surface area contributed by atoms with Gasteiger partial charge in [-0.2, -0.15) is 5.10 Å². The summed E-state index contributed by atoms with van der Waals surface area (Å²) in [6.45, 7) is 4.45. The minimum absolute atomic E-state index is 0.00249. The zero-order valence-electron chi connectivity index (χ0n) is 23.7. The van der Waals surface area contributed by atoms with E-state index in [0.717, 1.165) is 36.3 Å². The molecule has 0 bridgehead atoms. The standard InChI is InChI=1S/C30H30ClF4N5O3/c1-29(28(41)36-12-19-13-39(3)30(16-42-19)14-38(2)15-30)26(24-8-9-25(31)43-24)27(20-6-4-17(32)10-21(20)34)37-40(29)23-7-5-18(33)11-22(23)35/h4-11,19,26H,12-16H2,1-3H3,(H,36,41). The van der Waals surface area contributed by atoms with Crippen molar-refractivity contribution < 1.29 is 31.5 Å². The van der Waals surface area contributed by atoms with Crippen LogP contribution >= 0.6 is 11.6 Å². The molecule has 3 atom stereocenters. The number of hydrogen-bond donors (Lipinski definition) is 1. The number of morpholine rings is 1. The van der Waals surface area contributed by atoms with Gasteiger partial charge >= 0.3 is 0 Å². The summed E-state index contributed by atoms with van der Waals surface area (Å²) >= 11 is 6.11. The Bertz CT molecular complexity index is 1600. The molecule has 0 saturated carbocycles. The van der Waals surface area contributed by atoms with Crippen molar-refractivity contribution in [2.24, 2.45) is 5.10 Å².